The summed E-state index contributed by atoms with van der Waals surface area (Å²) in [4.78, 5) is 19.5. The normalized spacial score (nSPS) is 14.3. The van der Waals surface area contributed by atoms with Crippen LogP contribution in [0.5, 0.6) is 0 Å². The Morgan fingerprint density at radius 3 is 2.44 bits per heavy atom. The van der Waals surface area contributed by atoms with Gasteiger partial charge in [-0.2, -0.15) is 8.60 Å². The first-order valence-electron chi connectivity index (χ1n) is 2.14. The number of halogens is 2. The molecule has 0 N–H and O–H groups in total. The Kier molecular flexibility index (Phi) is 6.22. The van der Waals surface area contributed by atoms with Crippen LogP contribution in [0, 0.1) is 0 Å². The van der Waals surface area contributed by atoms with Crippen molar-refractivity contribution < 1.29 is 14.3 Å². The van der Waals surface area contributed by atoms with Crippen LogP contribution in [-0.2, 0) is 4.52 Å². The summed E-state index contributed by atoms with van der Waals surface area (Å²) >= 11 is 10.6. The van der Waals surface area contributed by atoms with Gasteiger partial charge in [-0.15, -0.1) is 23.2 Å². The van der Waals surface area contributed by atoms with Gasteiger partial charge in [0.15, 0.2) is 0 Å². The van der Waals surface area contributed by atoms with Crippen LogP contribution in [0.4, 0.5) is 0 Å². The lowest BCUT2D eigenvalue weighted by Crippen LogP contribution is -2.16. The summed E-state index contributed by atoms with van der Waals surface area (Å²) in [5.74, 6) is 0.185. The molecule has 0 fully saturated rings. The monoisotopic (exact) mass is 190 g/mol. The summed E-state index contributed by atoms with van der Waals surface area (Å²) in [5.41, 5.74) is 0. The second-order valence-corrected chi connectivity index (χ2v) is 2.90. The van der Waals surface area contributed by atoms with E-state index in [9.17, 15) is 9.79 Å². The van der Waals surface area contributed by atoms with Gasteiger partial charge in [0.05, 0.1) is 12.0 Å². The van der Waals surface area contributed by atoms with Gasteiger partial charge >= 0.3 is 0 Å². The molecule has 56 valence electrons. The molecule has 3 nitrogen and oxygen atoms in total. The van der Waals surface area contributed by atoms with Crippen LogP contribution in [0.3, 0.4) is 0 Å². The Hall–Kier alpha value is 0.890. The highest BCUT2D eigenvalue weighted by Gasteiger charge is 1.99. The predicted octanol–water partition coefficient (Wildman–Crippen LogP) is -0.203. The van der Waals surface area contributed by atoms with Crippen molar-refractivity contribution in [3.8, 4) is 0 Å². The third-order valence-corrected chi connectivity index (χ3v) is 1.70. The minimum atomic E-state index is -2.78. The first-order valence-corrected chi connectivity index (χ1v) is 4.20. The van der Waals surface area contributed by atoms with E-state index in [0.29, 0.717) is 0 Å². The zero-order valence-electron chi connectivity index (χ0n) is 4.42. The molecule has 0 bridgehead atoms. The van der Waals surface area contributed by atoms with Crippen LogP contribution in [0.15, 0.2) is 0 Å². The third-order valence-electron chi connectivity index (χ3n) is 0.528. The van der Waals surface area contributed by atoms with E-state index >= 15 is 0 Å². The van der Waals surface area contributed by atoms with Crippen LogP contribution in [-0.4, -0.2) is 17.9 Å². The van der Waals surface area contributed by atoms with Crippen LogP contribution < -0.4 is 9.79 Å². The van der Waals surface area contributed by atoms with Crippen LogP contribution in [0.25, 0.3) is 0 Å². The number of hydrogen-bond donors (Lipinski definition) is 0. The zero-order valence-corrected chi connectivity index (χ0v) is 6.83. The molecule has 0 aromatic heterocycles. The van der Waals surface area contributed by atoms with Crippen LogP contribution >= 0.6 is 31.8 Å². The quantitative estimate of drug-likeness (QED) is 0.456. The highest BCUT2D eigenvalue weighted by atomic mass is 35.5. The molecule has 1 unspecified atom stereocenters. The van der Waals surface area contributed by atoms with E-state index in [2.05, 4.69) is 4.52 Å². The smallest absolute Gasteiger partial charge is 0.0707 e. The van der Waals surface area contributed by atoms with Crippen molar-refractivity contribution in [2.45, 2.75) is 5.38 Å². The Bertz CT molecular complexity index is 72.1. The maximum atomic E-state index is 9.73. The van der Waals surface area contributed by atoms with Gasteiger partial charge in [-0.1, -0.05) is 0 Å². The van der Waals surface area contributed by atoms with Gasteiger partial charge in [0, 0.05) is 5.88 Å². The minimum Gasteiger partial charge on any atom is -0.820 e. The highest BCUT2D eigenvalue weighted by Crippen LogP contribution is 2.14. The Morgan fingerprint density at radius 1 is 1.56 bits per heavy atom. The molecule has 0 aliphatic carbocycles. The van der Waals surface area contributed by atoms with E-state index in [1.165, 1.54) is 0 Å². The fourth-order valence-electron chi connectivity index (χ4n) is 0.186. The number of hydrogen-bond acceptors (Lipinski definition) is 3. The van der Waals surface area contributed by atoms with E-state index in [4.69, 9.17) is 23.2 Å². The molecule has 0 aromatic carbocycles. The molecule has 0 spiro atoms. The molecule has 0 amide bonds. The van der Waals surface area contributed by atoms with Crippen molar-refractivity contribution in [1.82, 2.24) is 0 Å². The average Bonchev–Trinajstić information content (AvgIpc) is 1.83. The van der Waals surface area contributed by atoms with Gasteiger partial charge in [0.2, 0.25) is 0 Å². The molecule has 9 heavy (non-hydrogen) atoms. The van der Waals surface area contributed by atoms with Gasteiger partial charge in [-0.25, -0.2) is 0 Å². The second kappa shape index (κ2) is 5.66. The molecule has 0 radical (unpaired) electrons. The van der Waals surface area contributed by atoms with Crippen molar-refractivity contribution in [3.05, 3.63) is 0 Å². The summed E-state index contributed by atoms with van der Waals surface area (Å²) in [6, 6.07) is 0. The lowest BCUT2D eigenvalue weighted by molar-refractivity contribution is -0.318. The van der Waals surface area contributed by atoms with Crippen molar-refractivity contribution in [3.63, 3.8) is 0 Å². The van der Waals surface area contributed by atoms with Gasteiger partial charge in [0.25, 0.3) is 0 Å². The number of alkyl halides is 2. The molecule has 0 aliphatic rings. The van der Waals surface area contributed by atoms with E-state index in [1.807, 2.05) is 0 Å². The largest absolute Gasteiger partial charge is 0.820 e. The molecule has 0 aliphatic heterocycles. The second-order valence-electron chi connectivity index (χ2n) is 1.27. The number of rotatable bonds is 4. The molecular weight excluding hydrogens is 186 g/mol. The summed E-state index contributed by atoms with van der Waals surface area (Å²) < 4.78 is 4.13. The van der Waals surface area contributed by atoms with Crippen molar-refractivity contribution in [2.75, 3.05) is 12.5 Å². The van der Waals surface area contributed by atoms with Crippen molar-refractivity contribution >= 4 is 31.8 Å². The Morgan fingerprint density at radius 2 is 2.11 bits per heavy atom. The fraction of sp³-hybridized carbons (Fsp3) is 1.00. The van der Waals surface area contributed by atoms with Gasteiger partial charge in [-0.05, 0) is 0 Å². The van der Waals surface area contributed by atoms with Gasteiger partial charge in [0.1, 0.15) is 0 Å². The summed E-state index contributed by atoms with van der Waals surface area (Å²) in [6.45, 7) is -0.0518. The lowest BCUT2D eigenvalue weighted by atomic mass is 10.5. The zero-order chi connectivity index (χ0) is 7.28. The van der Waals surface area contributed by atoms with Gasteiger partial charge in [-0.3, -0.25) is 0 Å². The molecule has 0 rings (SSSR count). The summed E-state index contributed by atoms with van der Waals surface area (Å²) in [7, 11) is -2.78. The summed E-state index contributed by atoms with van der Waals surface area (Å²) in [5, 5.41) is -0.431. The van der Waals surface area contributed by atoms with Gasteiger partial charge < -0.3 is 14.3 Å². The van der Waals surface area contributed by atoms with Crippen LogP contribution in [0.1, 0.15) is 0 Å². The molecular formula is C3H5Cl2O3P-2. The molecule has 6 heteroatoms. The average molecular weight is 191 g/mol. The minimum absolute atomic E-state index is 0.0518. The topological polar surface area (TPSA) is 55.3 Å². The molecule has 1 atom stereocenters. The molecule has 0 saturated carbocycles. The summed E-state index contributed by atoms with van der Waals surface area (Å²) in [6.07, 6.45) is 0. The van der Waals surface area contributed by atoms with E-state index in [1.54, 1.807) is 0 Å². The third kappa shape index (κ3) is 6.78. The lowest BCUT2D eigenvalue weighted by Gasteiger charge is -2.29. The molecule has 0 saturated heterocycles. The molecule has 0 heterocycles. The van der Waals surface area contributed by atoms with E-state index in [0.717, 1.165) is 0 Å². The van der Waals surface area contributed by atoms with Crippen molar-refractivity contribution in [1.29, 1.82) is 0 Å². The fourth-order valence-corrected chi connectivity index (χ4v) is 0.728. The van der Waals surface area contributed by atoms with Crippen LogP contribution in [0.2, 0.25) is 0 Å². The molecule has 0 aromatic rings. The highest BCUT2D eigenvalue weighted by molar-refractivity contribution is 7.36. The predicted molar refractivity (Wildman–Crippen MR) is 33.2 cm³/mol. The Balaban J connectivity index is 3.06. The van der Waals surface area contributed by atoms with Crippen molar-refractivity contribution in [2.24, 2.45) is 0 Å². The van der Waals surface area contributed by atoms with E-state index < -0.39 is 14.0 Å². The van der Waals surface area contributed by atoms with E-state index in [-0.39, 0.29) is 12.5 Å². The first kappa shape index (κ1) is 9.89. The maximum Gasteiger partial charge on any atom is 0.0707 e. The SMILES string of the molecule is [O-]P([O-])OCC(Cl)CCl. The maximum absolute atomic E-state index is 9.73. The first-order chi connectivity index (χ1) is 4.16. The Labute approximate surface area is 64.5 Å². The standard InChI is InChI=1S/C3H5Cl2O3P/c4-1-3(5)2-8-9(6)7/h3H,1-2H2/q-2.